The summed E-state index contributed by atoms with van der Waals surface area (Å²) in [6.45, 7) is 3.30. The fourth-order valence-electron chi connectivity index (χ4n) is 1.29. The Balaban J connectivity index is 2.97. The minimum atomic E-state index is -3.67. The number of carbonyl (C=O) groups is 1. The highest BCUT2D eigenvalue weighted by Gasteiger charge is 2.24. The molecule has 0 unspecified atom stereocenters. The van der Waals surface area contributed by atoms with Crippen LogP contribution in [0.25, 0.3) is 0 Å². The van der Waals surface area contributed by atoms with E-state index in [-0.39, 0.29) is 5.75 Å². The molecule has 92 valence electrons. The smallest absolute Gasteiger partial charge is 0.326 e. The fraction of sp³-hybridized carbons (Fsp3) is 0.182. The van der Waals surface area contributed by atoms with Gasteiger partial charge in [0.15, 0.2) is 0 Å². The Morgan fingerprint density at radius 3 is 2.47 bits per heavy atom. The number of hydrogen-bond acceptors (Lipinski definition) is 3. The molecule has 1 aromatic rings. The number of rotatable bonds is 6. The van der Waals surface area contributed by atoms with Crippen LogP contribution < -0.4 is 4.72 Å². The van der Waals surface area contributed by atoms with Gasteiger partial charge in [-0.25, -0.2) is 8.42 Å². The Kier molecular flexibility index (Phi) is 4.42. The molecule has 17 heavy (non-hydrogen) atoms. The Morgan fingerprint density at radius 2 is 2.00 bits per heavy atom. The predicted octanol–water partition coefficient (Wildman–Crippen LogP) is 0.918. The van der Waals surface area contributed by atoms with E-state index >= 15 is 0 Å². The van der Waals surface area contributed by atoms with Crippen molar-refractivity contribution >= 4 is 16.0 Å². The van der Waals surface area contributed by atoms with Crippen LogP contribution in [-0.2, 0) is 14.8 Å². The summed E-state index contributed by atoms with van der Waals surface area (Å²) in [7, 11) is -3.67. The van der Waals surface area contributed by atoms with E-state index in [1.165, 1.54) is 6.08 Å². The quantitative estimate of drug-likeness (QED) is 0.740. The topological polar surface area (TPSA) is 83.5 Å². The van der Waals surface area contributed by atoms with Crippen molar-refractivity contribution in [2.75, 3.05) is 5.75 Å². The highest BCUT2D eigenvalue weighted by atomic mass is 32.2. The first-order valence-electron chi connectivity index (χ1n) is 4.85. The second-order valence-electron chi connectivity index (χ2n) is 3.37. The largest absolute Gasteiger partial charge is 0.480 e. The summed E-state index contributed by atoms with van der Waals surface area (Å²) in [4.78, 5) is 11.0. The Morgan fingerprint density at radius 1 is 1.41 bits per heavy atom. The van der Waals surface area contributed by atoms with Crippen molar-refractivity contribution in [3.63, 3.8) is 0 Å². The standard InChI is InChI=1S/C11H13NO4S/c1-2-8-17(15,16)12-10(11(13)14)9-6-4-3-5-7-9/h2-7,10,12H,1,8H2,(H,13,14)/t10-/m0/s1. The van der Waals surface area contributed by atoms with Crippen molar-refractivity contribution in [3.8, 4) is 0 Å². The summed E-state index contributed by atoms with van der Waals surface area (Å²) < 4.78 is 25.1. The van der Waals surface area contributed by atoms with E-state index in [9.17, 15) is 13.2 Å². The molecule has 0 radical (unpaired) electrons. The van der Waals surface area contributed by atoms with E-state index < -0.39 is 22.0 Å². The van der Waals surface area contributed by atoms with Crippen LogP contribution in [-0.4, -0.2) is 25.2 Å². The van der Waals surface area contributed by atoms with Gasteiger partial charge in [-0.2, -0.15) is 4.72 Å². The van der Waals surface area contributed by atoms with E-state index in [0.717, 1.165) is 0 Å². The van der Waals surface area contributed by atoms with Gasteiger partial charge in [-0.3, -0.25) is 4.79 Å². The number of carboxylic acid groups (broad SMARTS) is 1. The van der Waals surface area contributed by atoms with Gasteiger partial charge in [0.1, 0.15) is 6.04 Å². The summed E-state index contributed by atoms with van der Waals surface area (Å²) in [6.07, 6.45) is 1.20. The van der Waals surface area contributed by atoms with Gasteiger partial charge in [0.05, 0.1) is 5.75 Å². The Bertz CT molecular complexity index is 495. The molecule has 0 aliphatic carbocycles. The molecule has 0 amide bonds. The van der Waals surface area contributed by atoms with Crippen LogP contribution in [0.2, 0.25) is 0 Å². The maximum absolute atomic E-state index is 11.5. The van der Waals surface area contributed by atoms with Crippen molar-refractivity contribution in [1.29, 1.82) is 0 Å². The molecule has 0 aliphatic heterocycles. The summed E-state index contributed by atoms with van der Waals surface area (Å²) in [5, 5.41) is 9.01. The summed E-state index contributed by atoms with van der Waals surface area (Å²) in [5.41, 5.74) is 0.382. The van der Waals surface area contributed by atoms with Gasteiger partial charge >= 0.3 is 5.97 Å². The average molecular weight is 255 g/mol. The molecule has 0 fully saturated rings. The zero-order valence-corrected chi connectivity index (χ0v) is 9.85. The zero-order valence-electron chi connectivity index (χ0n) is 9.04. The zero-order chi connectivity index (χ0) is 12.9. The molecule has 0 saturated heterocycles. The van der Waals surface area contributed by atoms with Crippen molar-refractivity contribution < 1.29 is 18.3 Å². The van der Waals surface area contributed by atoms with Crippen LogP contribution >= 0.6 is 0 Å². The number of sulfonamides is 1. The first-order valence-corrected chi connectivity index (χ1v) is 6.50. The molecule has 0 aliphatic rings. The van der Waals surface area contributed by atoms with Gasteiger partial charge in [0, 0.05) is 0 Å². The minimum Gasteiger partial charge on any atom is -0.480 e. The lowest BCUT2D eigenvalue weighted by atomic mass is 10.1. The molecule has 0 spiro atoms. The molecular weight excluding hydrogens is 242 g/mol. The maximum Gasteiger partial charge on any atom is 0.326 e. The molecule has 0 saturated carbocycles. The Labute approximate surface area is 99.8 Å². The molecule has 0 heterocycles. The van der Waals surface area contributed by atoms with Gasteiger partial charge in [0.25, 0.3) is 0 Å². The summed E-state index contributed by atoms with van der Waals surface area (Å²) in [6, 6.07) is 6.84. The highest BCUT2D eigenvalue weighted by molar-refractivity contribution is 7.89. The molecule has 1 aromatic carbocycles. The third-order valence-corrected chi connectivity index (χ3v) is 3.28. The van der Waals surface area contributed by atoms with Gasteiger partial charge in [-0.05, 0) is 5.56 Å². The normalized spacial score (nSPS) is 12.9. The second kappa shape index (κ2) is 5.60. The van der Waals surface area contributed by atoms with E-state index in [1.54, 1.807) is 30.3 Å². The van der Waals surface area contributed by atoms with Gasteiger partial charge in [-0.1, -0.05) is 36.4 Å². The van der Waals surface area contributed by atoms with Crippen LogP contribution in [0, 0.1) is 0 Å². The number of nitrogens with one attached hydrogen (secondary N) is 1. The number of hydrogen-bond donors (Lipinski definition) is 2. The lowest BCUT2D eigenvalue weighted by molar-refractivity contribution is -0.139. The predicted molar refractivity (Wildman–Crippen MR) is 63.9 cm³/mol. The number of carboxylic acids is 1. The lowest BCUT2D eigenvalue weighted by Gasteiger charge is -2.14. The average Bonchev–Trinajstić information content (AvgIpc) is 2.27. The molecule has 1 atom stereocenters. The SMILES string of the molecule is C=CCS(=O)(=O)N[C@H](C(=O)O)c1ccccc1. The summed E-state index contributed by atoms with van der Waals surface area (Å²) in [5.74, 6) is -1.56. The fourth-order valence-corrected chi connectivity index (χ4v) is 2.29. The number of benzene rings is 1. The second-order valence-corrected chi connectivity index (χ2v) is 5.17. The lowest BCUT2D eigenvalue weighted by Crippen LogP contribution is -2.34. The van der Waals surface area contributed by atoms with Crippen LogP contribution in [0.1, 0.15) is 11.6 Å². The third kappa shape index (κ3) is 4.01. The van der Waals surface area contributed by atoms with Crippen molar-refractivity contribution in [2.24, 2.45) is 0 Å². The molecule has 6 heteroatoms. The molecule has 1 rings (SSSR count). The van der Waals surface area contributed by atoms with Crippen molar-refractivity contribution in [1.82, 2.24) is 4.72 Å². The molecular formula is C11H13NO4S. The molecule has 2 N–H and O–H groups in total. The molecule has 0 aromatic heterocycles. The van der Waals surface area contributed by atoms with E-state index in [0.29, 0.717) is 5.56 Å². The van der Waals surface area contributed by atoms with Crippen LogP contribution in [0.4, 0.5) is 0 Å². The number of aliphatic carboxylic acids is 1. The van der Waals surface area contributed by atoms with Gasteiger partial charge in [-0.15, -0.1) is 6.58 Å². The molecule has 5 nitrogen and oxygen atoms in total. The van der Waals surface area contributed by atoms with Gasteiger partial charge < -0.3 is 5.11 Å². The Hall–Kier alpha value is -1.66. The molecule has 0 bridgehead atoms. The first kappa shape index (κ1) is 13.4. The first-order chi connectivity index (χ1) is 7.96. The van der Waals surface area contributed by atoms with Crippen molar-refractivity contribution in [2.45, 2.75) is 6.04 Å². The van der Waals surface area contributed by atoms with Crippen molar-refractivity contribution in [3.05, 3.63) is 48.6 Å². The van der Waals surface area contributed by atoms with Gasteiger partial charge in [0.2, 0.25) is 10.0 Å². The van der Waals surface area contributed by atoms with Crippen LogP contribution in [0.15, 0.2) is 43.0 Å². The third-order valence-electron chi connectivity index (χ3n) is 2.01. The summed E-state index contributed by atoms with van der Waals surface area (Å²) >= 11 is 0. The maximum atomic E-state index is 11.5. The highest BCUT2D eigenvalue weighted by Crippen LogP contribution is 2.13. The monoisotopic (exact) mass is 255 g/mol. The van der Waals surface area contributed by atoms with Crippen LogP contribution in [0.3, 0.4) is 0 Å². The minimum absolute atomic E-state index is 0.316. The van der Waals surface area contributed by atoms with E-state index in [4.69, 9.17) is 5.11 Å². The van der Waals surface area contributed by atoms with E-state index in [2.05, 4.69) is 11.3 Å². The van der Waals surface area contributed by atoms with E-state index in [1.807, 2.05) is 0 Å². The van der Waals surface area contributed by atoms with Crippen LogP contribution in [0.5, 0.6) is 0 Å².